The summed E-state index contributed by atoms with van der Waals surface area (Å²) in [6, 6.07) is 0. The highest BCUT2D eigenvalue weighted by Crippen LogP contribution is 2.67. The number of esters is 1. The van der Waals surface area contributed by atoms with Crippen LogP contribution >= 0.6 is 0 Å². The Balaban J connectivity index is 1.53. The van der Waals surface area contributed by atoms with Crippen molar-refractivity contribution in [1.82, 2.24) is 0 Å². The highest BCUT2D eigenvalue weighted by Gasteiger charge is 2.65. The lowest BCUT2D eigenvalue weighted by atomic mass is 9.49. The molecule has 0 radical (unpaired) electrons. The SMILES string of the molecule is C#C[C@]1(OC(=O)CCCCCC)CCC2C3CCC4=CC(=O)CCC4C3CC[C@@]21CC. The number of ether oxygens (including phenoxy) is 1. The van der Waals surface area contributed by atoms with Gasteiger partial charge in [0, 0.05) is 18.3 Å². The highest BCUT2D eigenvalue weighted by molar-refractivity contribution is 5.91. The van der Waals surface area contributed by atoms with E-state index in [1.165, 1.54) is 18.4 Å². The molecule has 0 bridgehead atoms. The Labute approximate surface area is 188 Å². The van der Waals surface area contributed by atoms with E-state index < -0.39 is 5.60 Å². The smallest absolute Gasteiger partial charge is 0.307 e. The fourth-order valence-electron chi connectivity index (χ4n) is 8.06. The summed E-state index contributed by atoms with van der Waals surface area (Å²) in [4.78, 5) is 24.8. The van der Waals surface area contributed by atoms with Crippen LogP contribution in [-0.4, -0.2) is 17.4 Å². The molecule has 0 aromatic carbocycles. The maximum atomic E-state index is 12.8. The quantitative estimate of drug-likeness (QED) is 0.270. The van der Waals surface area contributed by atoms with Crippen molar-refractivity contribution in [3.05, 3.63) is 11.6 Å². The predicted molar refractivity (Wildman–Crippen MR) is 123 cm³/mol. The van der Waals surface area contributed by atoms with Crippen molar-refractivity contribution in [3.63, 3.8) is 0 Å². The van der Waals surface area contributed by atoms with Gasteiger partial charge in [0.05, 0.1) is 0 Å². The zero-order chi connectivity index (χ0) is 22.1. The molecule has 4 unspecified atom stereocenters. The molecular formula is C28H40O3. The first-order valence-electron chi connectivity index (χ1n) is 12.9. The van der Waals surface area contributed by atoms with Crippen molar-refractivity contribution in [2.24, 2.45) is 29.1 Å². The minimum absolute atomic E-state index is 0.0757. The molecule has 0 aliphatic heterocycles. The zero-order valence-electron chi connectivity index (χ0n) is 19.6. The molecule has 0 aromatic rings. The van der Waals surface area contributed by atoms with E-state index in [2.05, 4.69) is 19.8 Å². The molecule has 4 aliphatic carbocycles. The molecule has 3 saturated carbocycles. The number of hydrogen-bond acceptors (Lipinski definition) is 3. The summed E-state index contributed by atoms with van der Waals surface area (Å²) in [6.45, 7) is 4.44. The van der Waals surface area contributed by atoms with Crippen LogP contribution in [0, 0.1) is 41.4 Å². The minimum Gasteiger partial charge on any atom is -0.445 e. The molecule has 0 spiro atoms. The molecule has 3 fully saturated rings. The lowest BCUT2D eigenvalue weighted by Gasteiger charge is -2.56. The molecule has 0 saturated heterocycles. The molecule has 0 heterocycles. The van der Waals surface area contributed by atoms with Crippen molar-refractivity contribution >= 4 is 11.8 Å². The molecule has 0 amide bonds. The van der Waals surface area contributed by atoms with Gasteiger partial charge in [0.1, 0.15) is 0 Å². The van der Waals surface area contributed by atoms with Gasteiger partial charge in [0.15, 0.2) is 11.4 Å². The molecule has 0 N–H and O–H groups in total. The first kappa shape index (κ1) is 22.6. The van der Waals surface area contributed by atoms with E-state index in [1.807, 2.05) is 6.08 Å². The second-order valence-corrected chi connectivity index (χ2v) is 10.6. The summed E-state index contributed by atoms with van der Waals surface area (Å²) in [7, 11) is 0. The topological polar surface area (TPSA) is 43.4 Å². The van der Waals surface area contributed by atoms with E-state index in [9.17, 15) is 9.59 Å². The first-order valence-corrected chi connectivity index (χ1v) is 12.9. The molecule has 4 rings (SSSR count). The maximum Gasteiger partial charge on any atom is 0.307 e. The summed E-state index contributed by atoms with van der Waals surface area (Å²) in [6.07, 6.45) is 22.0. The van der Waals surface area contributed by atoms with E-state index in [0.29, 0.717) is 42.3 Å². The number of carbonyl (C=O) groups is 2. The normalized spacial score (nSPS) is 39.0. The third kappa shape index (κ3) is 3.79. The van der Waals surface area contributed by atoms with Crippen LogP contribution in [0.1, 0.15) is 104 Å². The first-order chi connectivity index (χ1) is 15.0. The van der Waals surface area contributed by atoms with Gasteiger partial charge in [0.2, 0.25) is 0 Å². The van der Waals surface area contributed by atoms with Crippen LogP contribution in [0.15, 0.2) is 11.6 Å². The Bertz CT molecular complexity index is 774. The van der Waals surface area contributed by atoms with Crippen molar-refractivity contribution < 1.29 is 14.3 Å². The van der Waals surface area contributed by atoms with Crippen LogP contribution in [0.5, 0.6) is 0 Å². The monoisotopic (exact) mass is 424 g/mol. The molecule has 4 aliphatic rings. The molecule has 0 aromatic heterocycles. The Morgan fingerprint density at radius 3 is 2.68 bits per heavy atom. The van der Waals surface area contributed by atoms with Gasteiger partial charge in [-0.05, 0) is 87.5 Å². The van der Waals surface area contributed by atoms with Gasteiger partial charge in [0.25, 0.3) is 0 Å². The molecule has 170 valence electrons. The number of terminal acetylenes is 1. The maximum absolute atomic E-state index is 12.8. The average Bonchev–Trinajstić information content (AvgIpc) is 3.11. The largest absolute Gasteiger partial charge is 0.445 e. The van der Waals surface area contributed by atoms with E-state index in [-0.39, 0.29) is 11.4 Å². The lowest BCUT2D eigenvalue weighted by Crippen LogP contribution is -2.55. The number of ketones is 1. The fraction of sp³-hybridized carbons (Fsp3) is 0.786. The minimum atomic E-state index is -0.724. The van der Waals surface area contributed by atoms with Crippen LogP contribution in [-0.2, 0) is 14.3 Å². The second kappa shape index (κ2) is 9.13. The Morgan fingerprint density at radius 1 is 1.10 bits per heavy atom. The fourth-order valence-corrected chi connectivity index (χ4v) is 8.06. The summed E-state index contributed by atoms with van der Waals surface area (Å²) in [5.74, 6) is 5.75. The number of fused-ring (bicyclic) bond motifs is 5. The Morgan fingerprint density at radius 2 is 1.94 bits per heavy atom. The van der Waals surface area contributed by atoms with Crippen molar-refractivity contribution in [2.45, 2.75) is 109 Å². The van der Waals surface area contributed by atoms with Gasteiger partial charge >= 0.3 is 5.97 Å². The molecular weight excluding hydrogens is 384 g/mol. The highest BCUT2D eigenvalue weighted by atomic mass is 16.6. The molecule has 3 nitrogen and oxygen atoms in total. The van der Waals surface area contributed by atoms with Crippen LogP contribution in [0.4, 0.5) is 0 Å². The molecule has 3 heteroatoms. The van der Waals surface area contributed by atoms with Crippen molar-refractivity contribution in [2.75, 3.05) is 0 Å². The van der Waals surface area contributed by atoms with Crippen LogP contribution in [0.3, 0.4) is 0 Å². The Kier molecular flexibility index (Phi) is 6.66. The van der Waals surface area contributed by atoms with E-state index >= 15 is 0 Å². The summed E-state index contributed by atoms with van der Waals surface area (Å²) in [5.41, 5.74) is 0.618. The molecule has 6 atom stereocenters. The summed E-state index contributed by atoms with van der Waals surface area (Å²) in [5, 5.41) is 0. The van der Waals surface area contributed by atoms with Gasteiger partial charge in [-0.1, -0.05) is 44.6 Å². The molecule has 31 heavy (non-hydrogen) atoms. The van der Waals surface area contributed by atoms with E-state index in [0.717, 1.165) is 64.2 Å². The second-order valence-electron chi connectivity index (χ2n) is 10.6. The van der Waals surface area contributed by atoms with Gasteiger partial charge in [-0.3, -0.25) is 9.59 Å². The third-order valence-electron chi connectivity index (χ3n) is 9.51. The van der Waals surface area contributed by atoms with Gasteiger partial charge in [-0.2, -0.15) is 0 Å². The predicted octanol–water partition coefficient (Wildman–Crippen LogP) is 6.40. The lowest BCUT2D eigenvalue weighted by molar-refractivity contribution is -0.173. The third-order valence-corrected chi connectivity index (χ3v) is 9.51. The standard InChI is InChI=1S/C28H40O3/c1-4-7-8-9-10-26(30)31-28(6-3)18-16-25-24-13-11-20-19-21(29)12-14-22(20)23(24)15-17-27(25,28)5-2/h3,19,22-25H,4-5,7-18H2,1-2H3/t22?,23?,24?,25?,27-,28-/m0/s1. The van der Waals surface area contributed by atoms with Crippen molar-refractivity contribution in [3.8, 4) is 12.3 Å². The number of hydrogen-bond donors (Lipinski definition) is 0. The summed E-state index contributed by atoms with van der Waals surface area (Å²) >= 11 is 0. The van der Waals surface area contributed by atoms with E-state index in [4.69, 9.17) is 11.2 Å². The number of unbranched alkanes of at least 4 members (excludes halogenated alkanes) is 3. The summed E-state index contributed by atoms with van der Waals surface area (Å²) < 4.78 is 6.26. The zero-order valence-corrected chi connectivity index (χ0v) is 19.6. The van der Waals surface area contributed by atoms with Gasteiger partial charge < -0.3 is 4.74 Å². The van der Waals surface area contributed by atoms with Crippen LogP contribution in [0.2, 0.25) is 0 Å². The van der Waals surface area contributed by atoms with E-state index in [1.54, 1.807) is 0 Å². The number of rotatable bonds is 7. The van der Waals surface area contributed by atoms with Gasteiger partial charge in [-0.15, -0.1) is 6.42 Å². The van der Waals surface area contributed by atoms with Crippen LogP contribution < -0.4 is 0 Å². The average molecular weight is 425 g/mol. The number of allylic oxidation sites excluding steroid dienone is 1. The Hall–Kier alpha value is -1.56. The van der Waals surface area contributed by atoms with Crippen LogP contribution in [0.25, 0.3) is 0 Å². The van der Waals surface area contributed by atoms with Gasteiger partial charge in [-0.25, -0.2) is 0 Å². The van der Waals surface area contributed by atoms with Crippen molar-refractivity contribution in [1.29, 1.82) is 0 Å². The number of carbonyl (C=O) groups excluding carboxylic acids is 2.